The molecule has 0 unspecified atom stereocenters. The maximum atomic E-state index is 12.5. The van der Waals surface area contributed by atoms with Gasteiger partial charge in [0.2, 0.25) is 0 Å². The zero-order valence-corrected chi connectivity index (χ0v) is 8.38. The molecule has 0 spiro atoms. The van der Waals surface area contributed by atoms with Crippen molar-refractivity contribution in [3.63, 3.8) is 0 Å². The second-order valence-corrected chi connectivity index (χ2v) is 3.47. The van der Waals surface area contributed by atoms with Gasteiger partial charge in [0.25, 0.3) is 0 Å². The number of alkyl halides is 3. The van der Waals surface area contributed by atoms with Crippen molar-refractivity contribution in [2.45, 2.75) is 6.18 Å². The fourth-order valence-electron chi connectivity index (χ4n) is 1.52. The number of hydrogen-bond acceptors (Lipinski definition) is 1. The van der Waals surface area contributed by atoms with Crippen LogP contribution in [0.1, 0.15) is 11.1 Å². The molecule has 0 saturated heterocycles. The second-order valence-electron chi connectivity index (χ2n) is 3.47. The molecule has 0 atom stereocenters. The van der Waals surface area contributed by atoms with E-state index in [1.807, 2.05) is 12.2 Å². The summed E-state index contributed by atoms with van der Waals surface area (Å²) in [6.07, 6.45) is 1.20. The van der Waals surface area contributed by atoms with Crippen LogP contribution in [0.5, 0.6) is 0 Å². The zero-order valence-electron chi connectivity index (χ0n) is 8.38. The summed E-state index contributed by atoms with van der Waals surface area (Å²) in [4.78, 5) is 0. The van der Waals surface area contributed by atoms with Gasteiger partial charge >= 0.3 is 6.18 Å². The van der Waals surface area contributed by atoms with Crippen molar-refractivity contribution in [1.29, 1.82) is 0 Å². The van der Waals surface area contributed by atoms with E-state index < -0.39 is 11.7 Å². The van der Waals surface area contributed by atoms with Crippen LogP contribution in [0, 0.1) is 0 Å². The molecule has 1 aliphatic rings. The first-order valence-electron chi connectivity index (χ1n) is 4.86. The molecular weight excluding hydrogens is 215 g/mol. The van der Waals surface area contributed by atoms with Crippen LogP contribution in [-0.2, 0) is 6.18 Å². The van der Waals surface area contributed by atoms with E-state index in [1.54, 1.807) is 12.1 Å². The monoisotopic (exact) mass is 225 g/mol. The van der Waals surface area contributed by atoms with Crippen molar-refractivity contribution in [3.05, 3.63) is 53.6 Å². The molecule has 1 aromatic carbocycles. The average Bonchev–Trinajstić information content (AvgIpc) is 2.29. The molecule has 0 fully saturated rings. The number of nitrogens with one attached hydrogen (secondary N) is 1. The molecule has 84 valence electrons. The lowest BCUT2D eigenvalue weighted by molar-refractivity contribution is -0.137. The van der Waals surface area contributed by atoms with Crippen molar-refractivity contribution < 1.29 is 13.2 Å². The van der Waals surface area contributed by atoms with Crippen molar-refractivity contribution in [1.82, 2.24) is 5.32 Å². The second kappa shape index (κ2) is 4.04. The highest BCUT2D eigenvalue weighted by Gasteiger charge is 2.30. The first-order chi connectivity index (χ1) is 7.57. The van der Waals surface area contributed by atoms with Crippen LogP contribution in [0.3, 0.4) is 0 Å². The number of hydrogen-bond donors (Lipinski definition) is 1. The van der Waals surface area contributed by atoms with Gasteiger partial charge in [-0.25, -0.2) is 0 Å². The van der Waals surface area contributed by atoms with Gasteiger partial charge in [0.05, 0.1) is 5.56 Å². The quantitative estimate of drug-likeness (QED) is 0.773. The molecule has 0 bridgehead atoms. The number of rotatable bonds is 1. The van der Waals surface area contributed by atoms with E-state index in [2.05, 4.69) is 5.32 Å². The minimum absolute atomic E-state index is 0.555. The fourth-order valence-corrected chi connectivity index (χ4v) is 1.52. The Labute approximate surface area is 91.3 Å². The first kappa shape index (κ1) is 10.8. The van der Waals surface area contributed by atoms with Gasteiger partial charge in [0.15, 0.2) is 0 Å². The van der Waals surface area contributed by atoms with Gasteiger partial charge in [-0.15, -0.1) is 0 Å². The van der Waals surface area contributed by atoms with Gasteiger partial charge in [-0.3, -0.25) is 0 Å². The maximum absolute atomic E-state index is 12.5. The van der Waals surface area contributed by atoms with E-state index in [-0.39, 0.29) is 0 Å². The molecule has 4 heteroatoms. The number of benzene rings is 1. The molecule has 1 N–H and O–H groups in total. The molecule has 1 aliphatic heterocycles. The molecule has 0 aromatic heterocycles. The topological polar surface area (TPSA) is 12.0 Å². The molecule has 1 aromatic rings. The lowest BCUT2D eigenvalue weighted by Crippen LogP contribution is -2.15. The molecule has 1 heterocycles. The van der Waals surface area contributed by atoms with Crippen LogP contribution < -0.4 is 5.32 Å². The Bertz CT molecular complexity index is 444. The predicted octanol–water partition coefficient (Wildman–Crippen LogP) is 3.21. The zero-order chi connectivity index (χ0) is 11.6. The number of allylic oxidation sites excluding steroid dienone is 2. The van der Waals surface area contributed by atoms with Gasteiger partial charge in [-0.2, -0.15) is 13.2 Å². The molecule has 0 radical (unpaired) electrons. The minimum Gasteiger partial charge on any atom is -0.381 e. The van der Waals surface area contributed by atoms with E-state index in [0.717, 1.165) is 12.1 Å². The molecule has 1 nitrogen and oxygen atoms in total. The number of dihydropyridines is 1. The summed E-state index contributed by atoms with van der Waals surface area (Å²) < 4.78 is 37.4. The Balaban J connectivity index is 2.36. The van der Waals surface area contributed by atoms with Crippen LogP contribution in [0.4, 0.5) is 13.2 Å². The van der Waals surface area contributed by atoms with Gasteiger partial charge in [0, 0.05) is 12.2 Å². The first-order valence-corrected chi connectivity index (χ1v) is 4.86. The van der Waals surface area contributed by atoms with Gasteiger partial charge < -0.3 is 5.32 Å². The summed E-state index contributed by atoms with van der Waals surface area (Å²) in [5.74, 6) is 0. The van der Waals surface area contributed by atoms with Crippen molar-refractivity contribution in [2.75, 3.05) is 6.54 Å². The largest absolute Gasteiger partial charge is 0.416 e. The Morgan fingerprint density at radius 2 is 2.00 bits per heavy atom. The minimum atomic E-state index is -4.29. The highest BCUT2D eigenvalue weighted by Crippen LogP contribution is 2.30. The number of halogens is 3. The van der Waals surface area contributed by atoms with Gasteiger partial charge in [-0.1, -0.05) is 24.3 Å². The normalized spacial score (nSPS) is 15.6. The Morgan fingerprint density at radius 3 is 2.62 bits per heavy atom. The predicted molar refractivity (Wildman–Crippen MR) is 56.6 cm³/mol. The van der Waals surface area contributed by atoms with Crippen LogP contribution >= 0.6 is 0 Å². The van der Waals surface area contributed by atoms with Crippen LogP contribution in [-0.4, -0.2) is 6.54 Å². The van der Waals surface area contributed by atoms with E-state index in [0.29, 0.717) is 17.8 Å². The Morgan fingerprint density at radius 1 is 1.19 bits per heavy atom. The van der Waals surface area contributed by atoms with E-state index in [1.165, 1.54) is 6.07 Å². The summed E-state index contributed by atoms with van der Waals surface area (Å²) in [5.41, 5.74) is 0.648. The van der Waals surface area contributed by atoms with Gasteiger partial charge in [0.1, 0.15) is 0 Å². The standard InChI is InChI=1S/C12H10F3N/c13-12(14,15)10-5-3-4-9(8-10)11-6-1-2-7-16-11/h1-6,8,16H,7H2. The maximum Gasteiger partial charge on any atom is 0.416 e. The summed E-state index contributed by atoms with van der Waals surface area (Å²) in [6.45, 7) is 0.641. The van der Waals surface area contributed by atoms with E-state index in [9.17, 15) is 13.2 Å². The summed E-state index contributed by atoms with van der Waals surface area (Å²) in [6, 6.07) is 5.30. The summed E-state index contributed by atoms with van der Waals surface area (Å²) in [5, 5.41) is 3.02. The van der Waals surface area contributed by atoms with E-state index >= 15 is 0 Å². The lowest BCUT2D eigenvalue weighted by atomic mass is 10.1. The van der Waals surface area contributed by atoms with E-state index in [4.69, 9.17) is 0 Å². The molecule has 0 aliphatic carbocycles. The van der Waals surface area contributed by atoms with Crippen LogP contribution in [0.2, 0.25) is 0 Å². The third-order valence-corrected chi connectivity index (χ3v) is 2.31. The van der Waals surface area contributed by atoms with Crippen molar-refractivity contribution in [2.24, 2.45) is 0 Å². The molecular formula is C12H10F3N. The van der Waals surface area contributed by atoms with Crippen LogP contribution in [0.25, 0.3) is 5.70 Å². The third-order valence-electron chi connectivity index (χ3n) is 2.31. The lowest BCUT2D eigenvalue weighted by Gasteiger charge is -2.14. The molecule has 0 saturated carbocycles. The summed E-state index contributed by atoms with van der Waals surface area (Å²) in [7, 11) is 0. The smallest absolute Gasteiger partial charge is 0.381 e. The van der Waals surface area contributed by atoms with Crippen LogP contribution in [0.15, 0.2) is 42.5 Å². The fraction of sp³-hybridized carbons (Fsp3) is 0.167. The Kier molecular flexibility index (Phi) is 2.73. The third kappa shape index (κ3) is 2.27. The van der Waals surface area contributed by atoms with Crippen molar-refractivity contribution >= 4 is 5.70 Å². The molecule has 2 rings (SSSR count). The summed E-state index contributed by atoms with van der Waals surface area (Å²) >= 11 is 0. The highest BCUT2D eigenvalue weighted by molar-refractivity contribution is 5.67. The Hall–Kier alpha value is -1.71. The molecule has 0 amide bonds. The average molecular weight is 225 g/mol. The highest BCUT2D eigenvalue weighted by atomic mass is 19.4. The molecule has 16 heavy (non-hydrogen) atoms. The van der Waals surface area contributed by atoms with Crippen molar-refractivity contribution in [3.8, 4) is 0 Å². The SMILES string of the molecule is FC(F)(F)c1cccc(C2=CC=CCN2)c1. The van der Waals surface area contributed by atoms with Gasteiger partial charge in [-0.05, 0) is 23.8 Å².